The van der Waals surface area contributed by atoms with Crippen molar-refractivity contribution in [2.75, 3.05) is 17.3 Å². The molecule has 1 aliphatic carbocycles. The Balaban J connectivity index is 1.68. The SMILES string of the molecule is COc1cccc([C@H]2CC(=O)C3=C(C2)Nc2ccccc2N(C(C)=O)[C@H]3c2ccc(F)cc2)c1. The van der Waals surface area contributed by atoms with Crippen LogP contribution in [0.5, 0.6) is 5.75 Å². The average molecular weight is 457 g/mol. The summed E-state index contributed by atoms with van der Waals surface area (Å²) in [4.78, 5) is 28.4. The molecule has 5 rings (SSSR count). The van der Waals surface area contributed by atoms with Gasteiger partial charge in [0.05, 0.1) is 24.5 Å². The summed E-state index contributed by atoms with van der Waals surface area (Å²) in [5.41, 5.74) is 4.50. The lowest BCUT2D eigenvalue weighted by atomic mass is 9.78. The van der Waals surface area contributed by atoms with E-state index in [1.165, 1.54) is 19.1 Å². The minimum absolute atomic E-state index is 0.0289. The van der Waals surface area contributed by atoms with Gasteiger partial charge in [-0.15, -0.1) is 0 Å². The molecule has 0 fully saturated rings. The van der Waals surface area contributed by atoms with E-state index >= 15 is 0 Å². The van der Waals surface area contributed by atoms with Crippen LogP contribution in [0, 0.1) is 5.82 Å². The number of hydrogen-bond acceptors (Lipinski definition) is 4. The first-order valence-corrected chi connectivity index (χ1v) is 11.3. The Kier molecular flexibility index (Phi) is 5.65. The molecule has 3 aromatic rings. The standard InChI is InChI=1S/C28H25FN2O3/c1-17(32)31-25-9-4-3-8-23(25)30-24-15-20(19-6-5-7-22(14-19)34-2)16-26(33)27(24)28(31)18-10-12-21(29)13-11-18/h3-14,20,28,30H,15-16H2,1-2H3/t20-,28+/m1/s1. The number of methoxy groups -OCH3 is 1. The highest BCUT2D eigenvalue weighted by Crippen LogP contribution is 2.47. The Morgan fingerprint density at radius 1 is 1.00 bits per heavy atom. The highest BCUT2D eigenvalue weighted by atomic mass is 19.1. The second-order valence-electron chi connectivity index (χ2n) is 8.68. The number of carbonyl (C=O) groups is 2. The number of ether oxygens (including phenoxy) is 1. The number of carbonyl (C=O) groups excluding carboxylic acids is 2. The van der Waals surface area contributed by atoms with Crippen molar-refractivity contribution in [2.24, 2.45) is 0 Å². The van der Waals surface area contributed by atoms with Crippen LogP contribution < -0.4 is 15.0 Å². The third-order valence-corrected chi connectivity index (χ3v) is 6.58. The summed E-state index contributed by atoms with van der Waals surface area (Å²) >= 11 is 0. The Morgan fingerprint density at radius 2 is 1.76 bits per heavy atom. The number of Topliss-reactive ketones (excluding diaryl/α,β-unsaturated/α-hetero) is 1. The van der Waals surface area contributed by atoms with E-state index in [4.69, 9.17) is 4.74 Å². The first-order chi connectivity index (χ1) is 16.5. The lowest BCUT2D eigenvalue weighted by Gasteiger charge is -2.34. The average Bonchev–Trinajstić information content (AvgIpc) is 2.99. The van der Waals surface area contributed by atoms with Crippen LogP contribution in [0.15, 0.2) is 84.1 Å². The van der Waals surface area contributed by atoms with Crippen molar-refractivity contribution in [3.05, 3.63) is 101 Å². The van der Waals surface area contributed by atoms with Crippen LogP contribution in [0.2, 0.25) is 0 Å². The molecular weight excluding hydrogens is 431 g/mol. The van der Waals surface area contributed by atoms with Crippen LogP contribution in [0.1, 0.15) is 42.9 Å². The van der Waals surface area contributed by atoms with Crippen LogP contribution >= 0.6 is 0 Å². The summed E-state index contributed by atoms with van der Waals surface area (Å²) in [5, 5.41) is 3.48. The van der Waals surface area contributed by atoms with Crippen LogP contribution in [0.3, 0.4) is 0 Å². The third kappa shape index (κ3) is 3.85. The van der Waals surface area contributed by atoms with Crippen LogP contribution in [0.25, 0.3) is 0 Å². The molecule has 172 valence electrons. The van der Waals surface area contributed by atoms with Gasteiger partial charge in [0.25, 0.3) is 0 Å². The van der Waals surface area contributed by atoms with Gasteiger partial charge in [-0.2, -0.15) is 0 Å². The summed E-state index contributed by atoms with van der Waals surface area (Å²) in [5.74, 6) is 0.122. The first-order valence-electron chi connectivity index (χ1n) is 11.3. The topological polar surface area (TPSA) is 58.6 Å². The van der Waals surface area contributed by atoms with Crippen molar-refractivity contribution in [2.45, 2.75) is 31.7 Å². The van der Waals surface area contributed by atoms with Crippen molar-refractivity contribution in [1.29, 1.82) is 0 Å². The summed E-state index contributed by atoms with van der Waals surface area (Å²) in [7, 11) is 1.62. The van der Waals surface area contributed by atoms with E-state index in [0.29, 0.717) is 29.7 Å². The zero-order chi connectivity index (χ0) is 23.8. The Labute approximate surface area is 197 Å². The minimum atomic E-state index is -0.650. The highest BCUT2D eigenvalue weighted by Gasteiger charge is 2.40. The molecular formula is C28H25FN2O3. The summed E-state index contributed by atoms with van der Waals surface area (Å²) in [6, 6.07) is 20.7. The largest absolute Gasteiger partial charge is 0.497 e. The first kappa shape index (κ1) is 21.9. The maximum absolute atomic E-state index is 13.8. The number of halogens is 1. The van der Waals surface area contributed by atoms with Crippen molar-refractivity contribution in [1.82, 2.24) is 0 Å². The molecule has 0 radical (unpaired) electrons. The number of fused-ring (bicyclic) bond motifs is 1. The summed E-state index contributed by atoms with van der Waals surface area (Å²) in [6.07, 6.45) is 0.916. The molecule has 1 N–H and O–H groups in total. The zero-order valence-corrected chi connectivity index (χ0v) is 19.0. The smallest absolute Gasteiger partial charge is 0.224 e. The van der Waals surface area contributed by atoms with Gasteiger partial charge < -0.3 is 10.1 Å². The number of hydrogen-bond donors (Lipinski definition) is 1. The number of nitrogens with one attached hydrogen (secondary N) is 1. The Morgan fingerprint density at radius 3 is 2.50 bits per heavy atom. The van der Waals surface area contributed by atoms with E-state index in [-0.39, 0.29) is 23.4 Å². The lowest BCUT2D eigenvalue weighted by molar-refractivity contribution is -0.117. The van der Waals surface area contributed by atoms with Gasteiger partial charge in [0.15, 0.2) is 5.78 Å². The second kappa shape index (κ2) is 8.78. The van der Waals surface area contributed by atoms with Gasteiger partial charge in [0, 0.05) is 24.6 Å². The quantitative estimate of drug-likeness (QED) is 0.545. The van der Waals surface area contributed by atoms with Crippen molar-refractivity contribution in [3.63, 3.8) is 0 Å². The van der Waals surface area contributed by atoms with Crippen LogP contribution in [0.4, 0.5) is 15.8 Å². The van der Waals surface area contributed by atoms with Crippen LogP contribution in [-0.2, 0) is 9.59 Å². The number of allylic oxidation sites excluding steroid dienone is 1. The van der Waals surface area contributed by atoms with E-state index in [9.17, 15) is 14.0 Å². The van der Waals surface area contributed by atoms with E-state index < -0.39 is 6.04 Å². The molecule has 1 amide bonds. The molecule has 1 aliphatic heterocycles. The number of rotatable bonds is 3. The molecule has 1 heterocycles. The van der Waals surface area contributed by atoms with Gasteiger partial charge in [-0.3, -0.25) is 14.5 Å². The van der Waals surface area contributed by atoms with Gasteiger partial charge in [-0.25, -0.2) is 4.39 Å². The van der Waals surface area contributed by atoms with Gasteiger partial charge in [-0.1, -0.05) is 36.4 Å². The molecule has 0 saturated heterocycles. The molecule has 2 atom stereocenters. The third-order valence-electron chi connectivity index (χ3n) is 6.58. The van der Waals surface area contributed by atoms with Crippen molar-refractivity contribution < 1.29 is 18.7 Å². The molecule has 0 saturated carbocycles. The molecule has 0 bridgehead atoms. The molecule has 0 aromatic heterocycles. The minimum Gasteiger partial charge on any atom is -0.497 e. The fourth-order valence-electron chi connectivity index (χ4n) is 5.03. The number of para-hydroxylation sites is 2. The van der Waals surface area contributed by atoms with E-state index in [2.05, 4.69) is 5.32 Å². The number of benzene rings is 3. The number of amides is 1. The van der Waals surface area contributed by atoms with Crippen molar-refractivity contribution >= 4 is 23.1 Å². The molecule has 0 spiro atoms. The van der Waals surface area contributed by atoms with E-state index in [0.717, 1.165) is 22.7 Å². The van der Waals surface area contributed by atoms with Crippen LogP contribution in [-0.4, -0.2) is 18.8 Å². The number of nitrogens with zero attached hydrogens (tertiary/aromatic N) is 1. The number of anilines is 2. The van der Waals surface area contributed by atoms with Gasteiger partial charge in [0.2, 0.25) is 5.91 Å². The molecule has 2 aliphatic rings. The van der Waals surface area contributed by atoms with E-state index in [1.54, 1.807) is 24.1 Å². The monoisotopic (exact) mass is 456 g/mol. The number of ketones is 1. The molecule has 3 aromatic carbocycles. The Bertz CT molecular complexity index is 1300. The second-order valence-corrected chi connectivity index (χ2v) is 8.68. The fraction of sp³-hybridized carbons (Fsp3) is 0.214. The van der Waals surface area contributed by atoms with Gasteiger partial charge in [-0.05, 0) is 59.9 Å². The van der Waals surface area contributed by atoms with Gasteiger partial charge in [0.1, 0.15) is 11.6 Å². The van der Waals surface area contributed by atoms with E-state index in [1.807, 2.05) is 48.5 Å². The molecule has 0 unspecified atom stereocenters. The molecule has 34 heavy (non-hydrogen) atoms. The maximum Gasteiger partial charge on any atom is 0.224 e. The normalized spacial score (nSPS) is 19.6. The zero-order valence-electron chi connectivity index (χ0n) is 19.0. The lowest BCUT2D eigenvalue weighted by Crippen LogP contribution is -2.37. The fourth-order valence-corrected chi connectivity index (χ4v) is 5.03. The van der Waals surface area contributed by atoms with Crippen molar-refractivity contribution in [3.8, 4) is 5.75 Å². The predicted molar refractivity (Wildman–Crippen MR) is 129 cm³/mol. The summed E-state index contributed by atoms with van der Waals surface area (Å²) < 4.78 is 19.1. The molecule has 5 nitrogen and oxygen atoms in total. The Hall–Kier alpha value is -3.93. The molecule has 6 heteroatoms. The maximum atomic E-state index is 13.8. The van der Waals surface area contributed by atoms with Gasteiger partial charge >= 0.3 is 0 Å². The summed E-state index contributed by atoms with van der Waals surface area (Å²) in [6.45, 7) is 1.49. The highest BCUT2D eigenvalue weighted by molar-refractivity contribution is 6.06. The predicted octanol–water partition coefficient (Wildman–Crippen LogP) is 5.75.